The summed E-state index contributed by atoms with van der Waals surface area (Å²) in [5.74, 6) is 2.83. The van der Waals surface area contributed by atoms with Gasteiger partial charge in [-0.25, -0.2) is 4.98 Å². The molecule has 0 radical (unpaired) electrons. The summed E-state index contributed by atoms with van der Waals surface area (Å²) in [6, 6.07) is 15.3. The molecule has 2 aliphatic heterocycles. The lowest BCUT2D eigenvalue weighted by molar-refractivity contribution is 0.172. The Morgan fingerprint density at radius 1 is 0.963 bits per heavy atom. The van der Waals surface area contributed by atoms with Gasteiger partial charge in [0.05, 0.1) is 11.0 Å². The summed E-state index contributed by atoms with van der Waals surface area (Å²) in [7, 11) is 0. The zero-order chi connectivity index (χ0) is 18.1. The molecule has 140 valence electrons. The number of benzene rings is 2. The Morgan fingerprint density at radius 3 is 2.48 bits per heavy atom. The largest absolute Gasteiger partial charge is 0.486 e. The van der Waals surface area contributed by atoms with Crippen molar-refractivity contribution in [2.24, 2.45) is 0 Å². The first-order valence-electron chi connectivity index (χ1n) is 9.93. The summed E-state index contributed by atoms with van der Waals surface area (Å²) in [4.78, 5) is 5.02. The van der Waals surface area contributed by atoms with Crippen molar-refractivity contribution in [1.82, 2.24) is 14.9 Å². The molecule has 0 spiro atoms. The molecule has 27 heavy (non-hydrogen) atoms. The molecule has 5 nitrogen and oxygen atoms in total. The number of aromatic nitrogens is 2. The zero-order valence-corrected chi connectivity index (χ0v) is 15.5. The fourth-order valence-electron chi connectivity index (χ4n) is 4.23. The first-order valence-corrected chi connectivity index (χ1v) is 9.93. The summed E-state index contributed by atoms with van der Waals surface area (Å²) in [6.45, 7) is 3.34. The molecular formula is C22H25N3O2. The number of nitrogens with one attached hydrogen (secondary N) is 1. The molecule has 3 aromatic rings. The molecule has 0 aliphatic carbocycles. The Labute approximate surface area is 159 Å². The lowest BCUT2D eigenvalue weighted by atomic mass is 10.0. The predicted octanol–water partition coefficient (Wildman–Crippen LogP) is 3.52. The zero-order valence-electron chi connectivity index (χ0n) is 15.5. The summed E-state index contributed by atoms with van der Waals surface area (Å²) < 4.78 is 14.1. The number of aryl methyl sites for hydroxylation is 2. The lowest BCUT2D eigenvalue weighted by Gasteiger charge is -2.27. The molecule has 5 rings (SSSR count). The van der Waals surface area contributed by atoms with Gasteiger partial charge in [-0.15, -0.1) is 0 Å². The molecule has 1 fully saturated rings. The van der Waals surface area contributed by atoms with E-state index in [9.17, 15) is 0 Å². The standard InChI is InChI=1S/C22H25N3O2/c1-2-4-16(5-3-1)6-7-22-24-18-14-20-21(27-13-12-26-20)15-19(18)25(22)17-8-10-23-11-9-17/h1-5,14-15,17,23H,6-13H2. The third-order valence-electron chi connectivity index (χ3n) is 5.58. The van der Waals surface area contributed by atoms with Crippen LogP contribution in [0.1, 0.15) is 30.3 Å². The smallest absolute Gasteiger partial charge is 0.163 e. The molecule has 1 N–H and O–H groups in total. The monoisotopic (exact) mass is 363 g/mol. The van der Waals surface area contributed by atoms with Gasteiger partial charge >= 0.3 is 0 Å². The minimum absolute atomic E-state index is 0.490. The molecule has 5 heteroatoms. The topological polar surface area (TPSA) is 48.3 Å². The fourth-order valence-corrected chi connectivity index (χ4v) is 4.23. The van der Waals surface area contributed by atoms with Gasteiger partial charge in [-0.05, 0) is 37.9 Å². The van der Waals surface area contributed by atoms with Crippen LogP contribution in [0.15, 0.2) is 42.5 Å². The van der Waals surface area contributed by atoms with Gasteiger partial charge in [-0.3, -0.25) is 0 Å². The highest BCUT2D eigenvalue weighted by molar-refractivity contribution is 5.81. The molecule has 0 bridgehead atoms. The number of rotatable bonds is 4. The Bertz CT molecular complexity index is 930. The minimum Gasteiger partial charge on any atom is -0.486 e. The Morgan fingerprint density at radius 2 is 1.70 bits per heavy atom. The molecular weight excluding hydrogens is 338 g/mol. The molecule has 0 atom stereocenters. The number of nitrogens with zero attached hydrogens (tertiary/aromatic N) is 2. The van der Waals surface area contributed by atoms with Crippen LogP contribution in [0.25, 0.3) is 11.0 Å². The van der Waals surface area contributed by atoms with Crippen molar-refractivity contribution >= 4 is 11.0 Å². The van der Waals surface area contributed by atoms with Gasteiger partial charge < -0.3 is 19.4 Å². The highest BCUT2D eigenvalue weighted by Gasteiger charge is 2.23. The molecule has 1 aromatic heterocycles. The van der Waals surface area contributed by atoms with E-state index in [4.69, 9.17) is 14.5 Å². The molecule has 0 amide bonds. The molecule has 2 aromatic carbocycles. The van der Waals surface area contributed by atoms with Crippen LogP contribution in [-0.2, 0) is 12.8 Å². The second-order valence-electron chi connectivity index (χ2n) is 7.35. The first kappa shape index (κ1) is 16.6. The van der Waals surface area contributed by atoms with Crippen molar-refractivity contribution in [2.45, 2.75) is 31.7 Å². The number of imidazole rings is 1. The quantitative estimate of drug-likeness (QED) is 0.771. The summed E-state index contributed by atoms with van der Waals surface area (Å²) in [5.41, 5.74) is 3.54. The van der Waals surface area contributed by atoms with Crippen molar-refractivity contribution in [2.75, 3.05) is 26.3 Å². The van der Waals surface area contributed by atoms with E-state index in [-0.39, 0.29) is 0 Å². The molecule has 1 saturated heterocycles. The molecule has 0 unspecified atom stereocenters. The highest BCUT2D eigenvalue weighted by Crippen LogP contribution is 2.37. The molecule has 2 aliphatic rings. The van der Waals surface area contributed by atoms with Gasteiger partial charge in [-0.1, -0.05) is 30.3 Å². The van der Waals surface area contributed by atoms with Crippen LogP contribution in [0.2, 0.25) is 0 Å². The third-order valence-corrected chi connectivity index (χ3v) is 5.58. The van der Waals surface area contributed by atoms with Crippen LogP contribution in [-0.4, -0.2) is 35.9 Å². The highest BCUT2D eigenvalue weighted by atomic mass is 16.6. The lowest BCUT2D eigenvalue weighted by Crippen LogP contribution is -2.30. The van der Waals surface area contributed by atoms with Gasteiger partial charge in [-0.2, -0.15) is 0 Å². The second-order valence-corrected chi connectivity index (χ2v) is 7.35. The van der Waals surface area contributed by atoms with E-state index in [1.165, 1.54) is 16.9 Å². The van der Waals surface area contributed by atoms with Crippen molar-refractivity contribution in [3.63, 3.8) is 0 Å². The summed E-state index contributed by atoms with van der Waals surface area (Å²) in [5, 5.41) is 3.47. The Balaban J connectivity index is 1.55. The van der Waals surface area contributed by atoms with E-state index >= 15 is 0 Å². The van der Waals surface area contributed by atoms with E-state index in [1.807, 2.05) is 6.07 Å². The van der Waals surface area contributed by atoms with E-state index < -0.39 is 0 Å². The van der Waals surface area contributed by atoms with Gasteiger partial charge in [0.25, 0.3) is 0 Å². The van der Waals surface area contributed by atoms with Gasteiger partial charge in [0.15, 0.2) is 11.5 Å². The van der Waals surface area contributed by atoms with E-state index in [2.05, 4.69) is 46.3 Å². The first-order chi connectivity index (χ1) is 13.4. The number of ether oxygens (including phenoxy) is 2. The van der Waals surface area contributed by atoms with Gasteiger partial charge in [0.1, 0.15) is 19.0 Å². The van der Waals surface area contributed by atoms with Crippen molar-refractivity contribution < 1.29 is 9.47 Å². The fraction of sp³-hybridized carbons (Fsp3) is 0.409. The van der Waals surface area contributed by atoms with Crippen molar-refractivity contribution in [1.29, 1.82) is 0 Å². The number of hydrogen-bond donors (Lipinski definition) is 1. The third kappa shape index (κ3) is 3.28. The molecule has 0 saturated carbocycles. The Kier molecular flexibility index (Phi) is 4.46. The maximum Gasteiger partial charge on any atom is 0.163 e. The number of piperidine rings is 1. The maximum absolute atomic E-state index is 5.83. The molecule has 3 heterocycles. The SMILES string of the molecule is c1ccc(CCc2nc3cc4c(cc3n2C2CCNCC2)OCCO4)cc1. The van der Waals surface area contributed by atoms with Gasteiger partial charge in [0.2, 0.25) is 0 Å². The van der Waals surface area contributed by atoms with Crippen LogP contribution in [0.3, 0.4) is 0 Å². The normalized spacial score (nSPS) is 17.3. The maximum atomic E-state index is 5.83. The number of fused-ring (bicyclic) bond motifs is 2. The van der Waals surface area contributed by atoms with Crippen LogP contribution in [0.5, 0.6) is 11.5 Å². The van der Waals surface area contributed by atoms with E-state index in [0.717, 1.165) is 55.8 Å². The van der Waals surface area contributed by atoms with Crippen LogP contribution in [0.4, 0.5) is 0 Å². The average Bonchev–Trinajstić information content (AvgIpc) is 3.09. The van der Waals surface area contributed by atoms with E-state index in [0.29, 0.717) is 19.3 Å². The minimum atomic E-state index is 0.490. The van der Waals surface area contributed by atoms with Gasteiger partial charge in [0, 0.05) is 24.6 Å². The van der Waals surface area contributed by atoms with E-state index in [1.54, 1.807) is 0 Å². The van der Waals surface area contributed by atoms with Crippen LogP contribution < -0.4 is 14.8 Å². The average molecular weight is 363 g/mol. The van der Waals surface area contributed by atoms with Crippen molar-refractivity contribution in [3.8, 4) is 11.5 Å². The van der Waals surface area contributed by atoms with Crippen molar-refractivity contribution in [3.05, 3.63) is 53.9 Å². The second kappa shape index (κ2) is 7.24. The summed E-state index contributed by atoms with van der Waals surface area (Å²) >= 11 is 0. The van der Waals surface area contributed by atoms with Crippen LogP contribution in [0, 0.1) is 0 Å². The predicted molar refractivity (Wildman–Crippen MR) is 106 cm³/mol. The summed E-state index contributed by atoms with van der Waals surface area (Å²) in [6.07, 6.45) is 4.22. The Hall–Kier alpha value is -2.53. The number of hydrogen-bond acceptors (Lipinski definition) is 4. The van der Waals surface area contributed by atoms with Crippen LogP contribution >= 0.6 is 0 Å².